The molecule has 156 valence electrons. The lowest BCUT2D eigenvalue weighted by atomic mass is 10.1. The first-order valence-corrected chi connectivity index (χ1v) is 12.5. The van der Waals surface area contributed by atoms with E-state index in [1.165, 1.54) is 10.4 Å². The molecule has 0 aliphatic carbocycles. The number of ether oxygens (including phenoxy) is 1. The zero-order valence-electron chi connectivity index (χ0n) is 17.9. The zero-order valence-corrected chi connectivity index (χ0v) is 18.9. The van der Waals surface area contributed by atoms with Gasteiger partial charge in [0.2, 0.25) is 0 Å². The van der Waals surface area contributed by atoms with Gasteiger partial charge in [0.1, 0.15) is 0 Å². The molecule has 0 spiro atoms. The monoisotopic (exact) mass is 410 g/mol. The maximum absolute atomic E-state index is 10.4. The van der Waals surface area contributed by atoms with Gasteiger partial charge in [-0.15, -0.1) is 6.58 Å². The molecule has 1 aliphatic rings. The van der Waals surface area contributed by atoms with Crippen molar-refractivity contribution >= 4 is 18.7 Å². The number of aliphatic hydroxyl groups is 1. The third-order valence-corrected chi connectivity index (χ3v) is 10.9. The Bertz CT molecular complexity index is 730. The highest BCUT2D eigenvalue weighted by Gasteiger charge is 2.50. The largest absolute Gasteiger partial charge is 0.407 e. The molecule has 1 heterocycles. The fourth-order valence-electron chi connectivity index (χ4n) is 4.50. The van der Waals surface area contributed by atoms with Crippen LogP contribution in [-0.2, 0) is 9.16 Å². The molecule has 1 N–H and O–H groups in total. The van der Waals surface area contributed by atoms with E-state index in [0.29, 0.717) is 19.4 Å². The molecule has 3 rings (SSSR count). The standard InChI is InChI=1S/C25H34O3Si/c1-5-12-20-19-23(26)24(28-20)17-18-27-29(25(2,3)4,21-13-8-6-9-14-21)22-15-10-7-11-16-22/h5-11,13-16,20,23-24,26H,1,12,17-19H2,2-4H3/t20-,23-,24-/m0/s1. The minimum atomic E-state index is -2.53. The number of rotatable bonds is 8. The van der Waals surface area contributed by atoms with Crippen molar-refractivity contribution in [2.75, 3.05) is 6.61 Å². The van der Waals surface area contributed by atoms with Crippen LogP contribution in [0.4, 0.5) is 0 Å². The first-order chi connectivity index (χ1) is 13.9. The van der Waals surface area contributed by atoms with E-state index in [4.69, 9.17) is 9.16 Å². The average Bonchev–Trinajstić information content (AvgIpc) is 3.05. The Morgan fingerprint density at radius 3 is 2.10 bits per heavy atom. The van der Waals surface area contributed by atoms with Crippen molar-refractivity contribution in [1.29, 1.82) is 0 Å². The Balaban J connectivity index is 1.86. The fraction of sp³-hybridized carbons (Fsp3) is 0.440. The molecule has 2 aromatic carbocycles. The molecule has 0 amide bonds. The molecule has 1 aliphatic heterocycles. The summed E-state index contributed by atoms with van der Waals surface area (Å²) in [5.41, 5.74) is 0. The molecule has 4 heteroatoms. The minimum absolute atomic E-state index is 0.0454. The summed E-state index contributed by atoms with van der Waals surface area (Å²) in [5.74, 6) is 0. The van der Waals surface area contributed by atoms with E-state index in [-0.39, 0.29) is 17.2 Å². The van der Waals surface area contributed by atoms with Gasteiger partial charge in [-0.05, 0) is 28.3 Å². The van der Waals surface area contributed by atoms with Gasteiger partial charge in [-0.25, -0.2) is 0 Å². The molecule has 3 atom stereocenters. The fourth-order valence-corrected chi connectivity index (χ4v) is 9.08. The summed E-state index contributed by atoms with van der Waals surface area (Å²) >= 11 is 0. The van der Waals surface area contributed by atoms with E-state index in [2.05, 4.69) is 88.0 Å². The van der Waals surface area contributed by atoms with Gasteiger partial charge in [0.15, 0.2) is 0 Å². The minimum Gasteiger partial charge on any atom is -0.407 e. The molecular weight excluding hydrogens is 376 g/mol. The Morgan fingerprint density at radius 1 is 1.07 bits per heavy atom. The highest BCUT2D eigenvalue weighted by atomic mass is 28.4. The molecule has 2 aromatic rings. The van der Waals surface area contributed by atoms with Crippen LogP contribution < -0.4 is 10.4 Å². The van der Waals surface area contributed by atoms with E-state index >= 15 is 0 Å². The van der Waals surface area contributed by atoms with E-state index in [1.54, 1.807) is 0 Å². The number of aliphatic hydroxyl groups excluding tert-OH is 1. The second-order valence-corrected chi connectivity index (χ2v) is 13.2. The molecule has 1 saturated heterocycles. The van der Waals surface area contributed by atoms with Crippen LogP contribution >= 0.6 is 0 Å². The Morgan fingerprint density at radius 2 is 1.62 bits per heavy atom. The lowest BCUT2D eigenvalue weighted by molar-refractivity contribution is -0.000895. The molecule has 3 nitrogen and oxygen atoms in total. The third-order valence-electron chi connectivity index (χ3n) is 5.87. The topological polar surface area (TPSA) is 38.7 Å². The second-order valence-electron chi connectivity index (χ2n) is 8.92. The van der Waals surface area contributed by atoms with Gasteiger partial charge in [-0.1, -0.05) is 87.5 Å². The molecule has 0 radical (unpaired) electrons. The quantitative estimate of drug-likeness (QED) is 0.527. The van der Waals surface area contributed by atoms with Gasteiger partial charge in [-0.3, -0.25) is 0 Å². The molecule has 29 heavy (non-hydrogen) atoms. The lowest BCUT2D eigenvalue weighted by Crippen LogP contribution is -2.66. The van der Waals surface area contributed by atoms with Crippen LogP contribution in [0.25, 0.3) is 0 Å². The van der Waals surface area contributed by atoms with Crippen molar-refractivity contribution in [3.8, 4) is 0 Å². The van der Waals surface area contributed by atoms with Crippen molar-refractivity contribution < 1.29 is 14.3 Å². The summed E-state index contributed by atoms with van der Waals surface area (Å²) in [6.45, 7) is 11.2. The summed E-state index contributed by atoms with van der Waals surface area (Å²) < 4.78 is 12.9. The van der Waals surface area contributed by atoms with Gasteiger partial charge in [-0.2, -0.15) is 0 Å². The van der Waals surface area contributed by atoms with Crippen molar-refractivity contribution in [3.63, 3.8) is 0 Å². The van der Waals surface area contributed by atoms with Gasteiger partial charge in [0, 0.05) is 13.0 Å². The highest BCUT2D eigenvalue weighted by Crippen LogP contribution is 2.37. The van der Waals surface area contributed by atoms with Gasteiger partial charge in [0.05, 0.1) is 18.3 Å². The Labute approximate surface area is 176 Å². The summed E-state index contributed by atoms with van der Waals surface area (Å²) in [5, 5.41) is 12.9. The summed E-state index contributed by atoms with van der Waals surface area (Å²) in [6, 6.07) is 21.3. The SMILES string of the molecule is C=CC[C@H]1C[C@H](O)[C@H](CCO[Si](c2ccccc2)(c2ccccc2)C(C)(C)C)O1. The normalized spacial score (nSPS) is 22.6. The molecule has 0 unspecified atom stereocenters. The first kappa shape index (κ1) is 22.0. The van der Waals surface area contributed by atoms with Crippen LogP contribution in [-0.4, -0.2) is 38.3 Å². The second kappa shape index (κ2) is 9.39. The summed E-state index contributed by atoms with van der Waals surface area (Å²) in [4.78, 5) is 0. The zero-order chi connectivity index (χ0) is 20.9. The lowest BCUT2D eigenvalue weighted by Gasteiger charge is -2.43. The van der Waals surface area contributed by atoms with E-state index < -0.39 is 14.4 Å². The highest BCUT2D eigenvalue weighted by molar-refractivity contribution is 6.99. The van der Waals surface area contributed by atoms with E-state index in [1.807, 2.05) is 6.08 Å². The van der Waals surface area contributed by atoms with Crippen LogP contribution in [0.2, 0.25) is 5.04 Å². The first-order valence-electron chi connectivity index (χ1n) is 10.6. The summed E-state index contributed by atoms with van der Waals surface area (Å²) in [6.07, 6.45) is 3.48. The molecular formula is C25H34O3Si. The third kappa shape index (κ3) is 4.72. The van der Waals surface area contributed by atoms with Gasteiger partial charge < -0.3 is 14.3 Å². The van der Waals surface area contributed by atoms with Crippen molar-refractivity contribution in [2.45, 2.75) is 63.4 Å². The predicted octanol–water partition coefficient (Wildman–Crippen LogP) is 4.05. The number of hydrogen-bond donors (Lipinski definition) is 1. The predicted molar refractivity (Wildman–Crippen MR) is 122 cm³/mol. The smallest absolute Gasteiger partial charge is 0.261 e. The molecule has 0 aromatic heterocycles. The van der Waals surface area contributed by atoms with Gasteiger partial charge in [0.25, 0.3) is 8.32 Å². The van der Waals surface area contributed by atoms with E-state index in [0.717, 1.165) is 6.42 Å². The van der Waals surface area contributed by atoms with Crippen LogP contribution in [0.15, 0.2) is 73.3 Å². The summed E-state index contributed by atoms with van der Waals surface area (Å²) in [7, 11) is -2.53. The molecule has 0 bridgehead atoms. The maximum atomic E-state index is 10.4. The van der Waals surface area contributed by atoms with Crippen molar-refractivity contribution in [2.24, 2.45) is 0 Å². The number of benzene rings is 2. The average molecular weight is 411 g/mol. The van der Waals surface area contributed by atoms with Crippen LogP contribution in [0.1, 0.15) is 40.0 Å². The molecule has 0 saturated carbocycles. The maximum Gasteiger partial charge on any atom is 0.261 e. The number of hydrogen-bond acceptors (Lipinski definition) is 3. The van der Waals surface area contributed by atoms with Crippen LogP contribution in [0.5, 0.6) is 0 Å². The van der Waals surface area contributed by atoms with Gasteiger partial charge >= 0.3 is 0 Å². The Kier molecular flexibility index (Phi) is 7.12. The molecule has 1 fully saturated rings. The van der Waals surface area contributed by atoms with Crippen molar-refractivity contribution in [3.05, 3.63) is 73.3 Å². The van der Waals surface area contributed by atoms with E-state index in [9.17, 15) is 5.11 Å². The van der Waals surface area contributed by atoms with Crippen LogP contribution in [0.3, 0.4) is 0 Å². The Hall–Kier alpha value is -1.72. The van der Waals surface area contributed by atoms with Crippen molar-refractivity contribution in [1.82, 2.24) is 0 Å². The van der Waals surface area contributed by atoms with Crippen LogP contribution in [0, 0.1) is 0 Å².